The van der Waals surface area contributed by atoms with Gasteiger partial charge in [0.2, 0.25) is 0 Å². The average molecular weight is 378 g/mol. The molecule has 0 saturated carbocycles. The molecule has 0 spiro atoms. The van der Waals surface area contributed by atoms with E-state index in [1.54, 1.807) is 31.4 Å². The monoisotopic (exact) mass is 378 g/mol. The van der Waals surface area contributed by atoms with Crippen molar-refractivity contribution in [3.8, 4) is 0 Å². The van der Waals surface area contributed by atoms with E-state index < -0.39 is 16.8 Å². The van der Waals surface area contributed by atoms with Gasteiger partial charge in [-0.1, -0.05) is 6.08 Å². The van der Waals surface area contributed by atoms with E-state index in [0.29, 0.717) is 23.4 Å². The Kier molecular flexibility index (Phi) is 5.88. The van der Waals surface area contributed by atoms with Crippen molar-refractivity contribution in [1.29, 1.82) is 0 Å². The van der Waals surface area contributed by atoms with Crippen molar-refractivity contribution in [2.75, 3.05) is 11.9 Å². The molecule has 2 aromatic heterocycles. The summed E-state index contributed by atoms with van der Waals surface area (Å²) in [5.74, 6) is -1.03. The van der Waals surface area contributed by atoms with E-state index in [1.807, 2.05) is 0 Å². The van der Waals surface area contributed by atoms with Crippen molar-refractivity contribution in [3.05, 3.63) is 51.5 Å². The molecule has 0 saturated heterocycles. The highest BCUT2D eigenvalue weighted by molar-refractivity contribution is 7.18. The van der Waals surface area contributed by atoms with Gasteiger partial charge in [0.25, 0.3) is 5.91 Å². The molecule has 0 aromatic carbocycles. The maximum Gasteiger partial charge on any atom is 0.355 e. The smallest absolute Gasteiger partial charge is 0.355 e. The summed E-state index contributed by atoms with van der Waals surface area (Å²) in [6.45, 7) is 9.26. The van der Waals surface area contributed by atoms with Crippen molar-refractivity contribution in [2.45, 2.75) is 27.3 Å². The summed E-state index contributed by atoms with van der Waals surface area (Å²) in [7, 11) is 0. The Bertz CT molecular complexity index is 884. The molecular formula is C16H18N4O5S. The van der Waals surface area contributed by atoms with Gasteiger partial charge in [0.15, 0.2) is 5.13 Å². The van der Waals surface area contributed by atoms with Gasteiger partial charge in [-0.15, -0.1) is 6.58 Å². The Hall–Kier alpha value is -3.01. The van der Waals surface area contributed by atoms with Crippen molar-refractivity contribution < 1.29 is 19.2 Å². The second-order valence-electron chi connectivity index (χ2n) is 5.27. The molecule has 0 unspecified atom stereocenters. The first-order chi connectivity index (χ1) is 12.3. The molecule has 1 N–H and O–H groups in total. The number of carbonyl (C=O) groups is 2. The Balaban J connectivity index is 2.42. The third kappa shape index (κ3) is 3.64. The summed E-state index contributed by atoms with van der Waals surface area (Å²) in [5, 5.41) is 13.2. The number of hydrogen-bond donors (Lipinski definition) is 1. The van der Waals surface area contributed by atoms with Crippen LogP contribution in [0.2, 0.25) is 0 Å². The predicted octanol–water partition coefficient (Wildman–Crippen LogP) is 3.08. The number of rotatable bonds is 7. The van der Waals surface area contributed by atoms with E-state index in [-0.39, 0.29) is 22.4 Å². The van der Waals surface area contributed by atoms with Gasteiger partial charge in [-0.2, -0.15) is 0 Å². The first-order valence-corrected chi connectivity index (χ1v) is 8.52. The van der Waals surface area contributed by atoms with Gasteiger partial charge < -0.3 is 9.30 Å². The van der Waals surface area contributed by atoms with E-state index in [4.69, 9.17) is 4.74 Å². The maximum atomic E-state index is 12.7. The van der Waals surface area contributed by atoms with Crippen molar-refractivity contribution in [3.63, 3.8) is 0 Å². The molecule has 0 radical (unpaired) electrons. The van der Waals surface area contributed by atoms with Crippen LogP contribution in [0.5, 0.6) is 0 Å². The number of thiazole rings is 1. The zero-order chi connectivity index (χ0) is 19.4. The van der Waals surface area contributed by atoms with Crippen LogP contribution in [-0.2, 0) is 11.3 Å². The molecule has 1 amide bonds. The van der Waals surface area contributed by atoms with E-state index >= 15 is 0 Å². The molecule has 0 aliphatic heterocycles. The molecule has 26 heavy (non-hydrogen) atoms. The highest BCUT2D eigenvalue weighted by Gasteiger charge is 2.27. The first-order valence-electron chi connectivity index (χ1n) is 7.71. The molecule has 2 rings (SSSR count). The normalized spacial score (nSPS) is 10.4. The van der Waals surface area contributed by atoms with E-state index in [0.717, 1.165) is 17.5 Å². The van der Waals surface area contributed by atoms with Crippen LogP contribution in [0.25, 0.3) is 0 Å². The van der Waals surface area contributed by atoms with Gasteiger partial charge in [-0.05, 0) is 37.7 Å². The lowest BCUT2D eigenvalue weighted by molar-refractivity contribution is -0.380. The van der Waals surface area contributed by atoms with Crippen LogP contribution in [0.15, 0.2) is 18.9 Å². The van der Waals surface area contributed by atoms with Crippen LogP contribution in [-0.4, -0.2) is 33.0 Å². The summed E-state index contributed by atoms with van der Waals surface area (Å²) >= 11 is 0.755. The second kappa shape index (κ2) is 7.91. The summed E-state index contributed by atoms with van der Waals surface area (Å²) < 4.78 is 6.73. The standard InChI is InChI=1S/C16H18N4O5S/c1-5-7-19-10(4)12(9(3)13(19)15(22)25-6-2)14(21)18-16-17-8-11(26-16)20(23)24/h5,8H,1,6-7H2,2-4H3,(H,17,18,21). The third-order valence-electron chi connectivity index (χ3n) is 3.67. The summed E-state index contributed by atoms with van der Waals surface area (Å²) in [5.41, 5.74) is 1.60. The topological polar surface area (TPSA) is 116 Å². The molecule has 0 fully saturated rings. The molecule has 0 atom stereocenters. The quantitative estimate of drug-likeness (QED) is 0.342. The van der Waals surface area contributed by atoms with Crippen molar-refractivity contribution >= 4 is 33.3 Å². The molecule has 0 bridgehead atoms. The maximum absolute atomic E-state index is 12.7. The van der Waals surface area contributed by atoms with Crippen LogP contribution in [0.4, 0.5) is 10.1 Å². The fourth-order valence-corrected chi connectivity index (χ4v) is 3.24. The fourth-order valence-electron chi connectivity index (χ4n) is 2.62. The zero-order valence-corrected chi connectivity index (χ0v) is 15.4. The van der Waals surface area contributed by atoms with Gasteiger partial charge >= 0.3 is 11.0 Å². The minimum atomic E-state index is -0.580. The summed E-state index contributed by atoms with van der Waals surface area (Å²) in [6, 6.07) is 0. The highest BCUT2D eigenvalue weighted by atomic mass is 32.1. The van der Waals surface area contributed by atoms with Gasteiger partial charge in [-0.3, -0.25) is 20.2 Å². The molecule has 0 aliphatic carbocycles. The number of allylic oxidation sites excluding steroid dienone is 1. The Morgan fingerprint density at radius 3 is 2.73 bits per heavy atom. The van der Waals surface area contributed by atoms with E-state index in [2.05, 4.69) is 16.9 Å². The molecule has 138 valence electrons. The zero-order valence-electron chi connectivity index (χ0n) is 14.6. The summed E-state index contributed by atoms with van der Waals surface area (Å²) in [6.07, 6.45) is 2.69. The number of ether oxygens (including phenoxy) is 1. The van der Waals surface area contributed by atoms with Crippen LogP contribution < -0.4 is 5.32 Å². The lowest BCUT2D eigenvalue weighted by Gasteiger charge is -2.08. The van der Waals surface area contributed by atoms with Crippen molar-refractivity contribution in [2.24, 2.45) is 0 Å². The summed E-state index contributed by atoms with van der Waals surface area (Å²) in [4.78, 5) is 38.9. The molecule has 9 nitrogen and oxygen atoms in total. The highest BCUT2D eigenvalue weighted by Crippen LogP contribution is 2.28. The molecule has 10 heteroatoms. The number of amides is 1. The Morgan fingerprint density at radius 1 is 1.50 bits per heavy atom. The molecule has 2 heterocycles. The number of nitrogens with one attached hydrogen (secondary N) is 1. The number of aromatic nitrogens is 2. The van der Waals surface area contributed by atoms with Gasteiger partial charge in [0.1, 0.15) is 11.9 Å². The van der Waals surface area contributed by atoms with Gasteiger partial charge in [-0.25, -0.2) is 9.78 Å². The number of hydrogen-bond acceptors (Lipinski definition) is 7. The van der Waals surface area contributed by atoms with Crippen LogP contribution in [0.1, 0.15) is 39.0 Å². The van der Waals surface area contributed by atoms with Crippen LogP contribution in [0.3, 0.4) is 0 Å². The van der Waals surface area contributed by atoms with Crippen LogP contribution in [0, 0.1) is 24.0 Å². The molecular weight excluding hydrogens is 360 g/mol. The molecule has 0 aliphatic rings. The number of esters is 1. The number of carbonyl (C=O) groups excluding carboxylic acids is 2. The molecule has 2 aromatic rings. The predicted molar refractivity (Wildman–Crippen MR) is 96.8 cm³/mol. The van der Waals surface area contributed by atoms with E-state index in [9.17, 15) is 19.7 Å². The Morgan fingerprint density at radius 2 is 2.19 bits per heavy atom. The van der Waals surface area contributed by atoms with Gasteiger partial charge in [0.05, 0.1) is 17.1 Å². The largest absolute Gasteiger partial charge is 0.461 e. The SMILES string of the molecule is C=CCn1c(C)c(C(=O)Nc2ncc([N+](=O)[O-])s2)c(C)c1C(=O)OCC. The fraction of sp³-hybridized carbons (Fsp3) is 0.312. The third-order valence-corrected chi connectivity index (χ3v) is 4.53. The second-order valence-corrected chi connectivity index (χ2v) is 6.28. The number of anilines is 1. The lowest BCUT2D eigenvalue weighted by atomic mass is 10.1. The Labute approximate surface area is 153 Å². The van der Waals surface area contributed by atoms with Gasteiger partial charge in [0, 0.05) is 12.2 Å². The lowest BCUT2D eigenvalue weighted by Crippen LogP contribution is -2.14. The minimum Gasteiger partial charge on any atom is -0.461 e. The first kappa shape index (κ1) is 19.3. The van der Waals surface area contributed by atoms with Crippen LogP contribution >= 0.6 is 11.3 Å². The minimum absolute atomic E-state index is 0.106. The van der Waals surface area contributed by atoms with Crippen molar-refractivity contribution in [1.82, 2.24) is 9.55 Å². The average Bonchev–Trinajstić information content (AvgIpc) is 3.12. The number of nitro groups is 1. The van der Waals surface area contributed by atoms with E-state index in [1.165, 1.54) is 0 Å². The number of nitrogens with zero attached hydrogens (tertiary/aromatic N) is 3.